The first-order valence-corrected chi connectivity index (χ1v) is 9.62. The summed E-state index contributed by atoms with van der Waals surface area (Å²) in [5, 5.41) is 12.3. The number of ether oxygens (including phenoxy) is 1. The first-order chi connectivity index (χ1) is 14.5. The third kappa shape index (κ3) is 5.35. The number of morpholine rings is 1. The molecule has 1 heterocycles. The number of hydrogen-bond donors (Lipinski definition) is 6. The lowest BCUT2D eigenvalue weighted by Crippen LogP contribution is -2.35. The molecule has 0 spiro atoms. The number of nitrogens with two attached hydrogens (primary N) is 4. The average molecular weight is 409 g/mol. The number of hydrazine groups is 1. The highest BCUT2D eigenvalue weighted by Gasteiger charge is 2.13. The molecule has 1 fully saturated rings. The van der Waals surface area contributed by atoms with Gasteiger partial charge in [-0.15, -0.1) is 5.10 Å². The molecule has 0 unspecified atom stereocenters. The molecule has 0 radical (unpaired) electrons. The summed E-state index contributed by atoms with van der Waals surface area (Å²) in [6.45, 7) is 4.23. The van der Waals surface area contributed by atoms with Crippen LogP contribution in [0.1, 0.15) is 22.3 Å². The number of allylic oxidation sites excluding steroid dienone is 1. The van der Waals surface area contributed by atoms with E-state index in [9.17, 15) is 0 Å². The van der Waals surface area contributed by atoms with Crippen molar-refractivity contribution in [3.63, 3.8) is 0 Å². The van der Waals surface area contributed by atoms with Gasteiger partial charge in [0.1, 0.15) is 0 Å². The fraction of sp³-hybridized carbons (Fsp3) is 0.238. The summed E-state index contributed by atoms with van der Waals surface area (Å²) in [5.41, 5.74) is 24.3. The normalized spacial score (nSPS) is 15.8. The second kappa shape index (κ2) is 9.88. The van der Waals surface area contributed by atoms with Crippen LogP contribution >= 0.6 is 0 Å². The van der Waals surface area contributed by atoms with E-state index in [0.717, 1.165) is 38.4 Å². The fourth-order valence-corrected chi connectivity index (χ4v) is 3.27. The van der Waals surface area contributed by atoms with Crippen molar-refractivity contribution < 1.29 is 4.74 Å². The van der Waals surface area contributed by atoms with E-state index in [4.69, 9.17) is 33.2 Å². The van der Waals surface area contributed by atoms with Gasteiger partial charge in [-0.3, -0.25) is 10.3 Å². The maximum absolute atomic E-state index is 8.51. The van der Waals surface area contributed by atoms with Gasteiger partial charge in [-0.05, 0) is 35.4 Å². The van der Waals surface area contributed by atoms with Gasteiger partial charge in [0.25, 0.3) is 0 Å². The van der Waals surface area contributed by atoms with Crippen molar-refractivity contribution in [1.82, 2.24) is 10.4 Å². The predicted molar refractivity (Wildman–Crippen MR) is 120 cm³/mol. The topological polar surface area (TPSA) is 165 Å². The van der Waals surface area contributed by atoms with Crippen LogP contribution in [0.3, 0.4) is 0 Å². The molecule has 1 saturated heterocycles. The minimum Gasteiger partial charge on any atom is -0.398 e. The van der Waals surface area contributed by atoms with Gasteiger partial charge in [-0.1, -0.05) is 24.3 Å². The highest BCUT2D eigenvalue weighted by atomic mass is 16.5. The van der Waals surface area contributed by atoms with Gasteiger partial charge in [-0.25, -0.2) is 11.4 Å². The number of amidine groups is 1. The molecule has 0 amide bonds. The van der Waals surface area contributed by atoms with Gasteiger partial charge in [0.15, 0.2) is 5.84 Å². The van der Waals surface area contributed by atoms with E-state index in [1.165, 1.54) is 5.56 Å². The van der Waals surface area contributed by atoms with Gasteiger partial charge in [-0.2, -0.15) is 0 Å². The number of nitrogen functional groups attached to an aromatic ring is 1. The van der Waals surface area contributed by atoms with Crippen molar-refractivity contribution in [2.75, 3.05) is 32.0 Å². The fourth-order valence-electron chi connectivity index (χ4n) is 3.27. The lowest BCUT2D eigenvalue weighted by atomic mass is 10.0. The summed E-state index contributed by atoms with van der Waals surface area (Å²) in [6.07, 6.45) is 1.77. The SMILES string of the molecule is N=C(/C(N)=C/c1cccc(CN2CCOCC2)c1)c1cc(/C(N)=N/NN)ccc1N. The number of rotatable bonds is 7. The van der Waals surface area contributed by atoms with E-state index in [-0.39, 0.29) is 11.5 Å². The molecule has 9 nitrogen and oxygen atoms in total. The van der Waals surface area contributed by atoms with E-state index in [0.29, 0.717) is 22.5 Å². The van der Waals surface area contributed by atoms with Gasteiger partial charge < -0.3 is 21.9 Å². The number of benzene rings is 2. The van der Waals surface area contributed by atoms with Crippen LogP contribution in [0, 0.1) is 5.41 Å². The Labute approximate surface area is 175 Å². The number of nitrogens with one attached hydrogen (secondary N) is 2. The third-order valence-electron chi connectivity index (χ3n) is 4.88. The Bertz CT molecular complexity index is 963. The smallest absolute Gasteiger partial charge is 0.152 e. The molecule has 0 aliphatic carbocycles. The standard InChI is InChI=1S/C21H28N8O/c22-18-5-4-16(21(25)27-28-26)12-17(18)20(24)19(23)11-14-2-1-3-15(10-14)13-29-6-8-30-9-7-29/h1-5,10-12,24,28H,6-9,13,22-23,26H2,(H2,25,27)/b19-11-,24-20?. The quantitative estimate of drug-likeness (QED) is 0.128. The van der Waals surface area contributed by atoms with E-state index >= 15 is 0 Å². The summed E-state index contributed by atoms with van der Waals surface area (Å²) < 4.78 is 5.40. The molecule has 158 valence electrons. The molecule has 2 aromatic rings. The maximum atomic E-state index is 8.51. The molecular formula is C21H28N8O. The summed E-state index contributed by atoms with van der Waals surface area (Å²) in [5.74, 6) is 5.36. The van der Waals surface area contributed by atoms with Gasteiger partial charge in [0.05, 0.1) is 24.6 Å². The lowest BCUT2D eigenvalue weighted by molar-refractivity contribution is 0.0342. The molecular weight excluding hydrogens is 380 g/mol. The lowest BCUT2D eigenvalue weighted by Gasteiger charge is -2.26. The van der Waals surface area contributed by atoms with Crippen LogP contribution in [-0.4, -0.2) is 42.8 Å². The number of nitrogens with zero attached hydrogens (tertiary/aromatic N) is 2. The maximum Gasteiger partial charge on any atom is 0.152 e. The van der Waals surface area contributed by atoms with Crippen LogP contribution < -0.4 is 28.6 Å². The highest BCUT2D eigenvalue weighted by Crippen LogP contribution is 2.19. The van der Waals surface area contributed by atoms with Crippen LogP contribution in [-0.2, 0) is 11.3 Å². The van der Waals surface area contributed by atoms with Crippen LogP contribution in [0.4, 0.5) is 5.69 Å². The Balaban J connectivity index is 1.80. The Hall–Kier alpha value is -3.40. The second-order valence-electron chi connectivity index (χ2n) is 7.04. The monoisotopic (exact) mass is 408 g/mol. The van der Waals surface area contributed by atoms with Crippen LogP contribution in [0.25, 0.3) is 6.08 Å². The molecule has 30 heavy (non-hydrogen) atoms. The van der Waals surface area contributed by atoms with Crippen molar-refractivity contribution in [2.45, 2.75) is 6.54 Å². The molecule has 0 bridgehead atoms. The summed E-state index contributed by atoms with van der Waals surface area (Å²) in [7, 11) is 0. The van der Waals surface area contributed by atoms with Crippen LogP contribution in [0.5, 0.6) is 0 Å². The average Bonchev–Trinajstić information content (AvgIpc) is 2.74. The molecule has 3 rings (SSSR count). The predicted octanol–water partition coefficient (Wildman–Crippen LogP) is 0.552. The van der Waals surface area contributed by atoms with E-state index in [1.807, 2.05) is 12.1 Å². The summed E-state index contributed by atoms with van der Waals surface area (Å²) >= 11 is 0. The first-order valence-electron chi connectivity index (χ1n) is 9.62. The number of hydrogen-bond acceptors (Lipinski definition) is 8. The largest absolute Gasteiger partial charge is 0.398 e. The Kier molecular flexibility index (Phi) is 7.02. The Morgan fingerprint density at radius 1 is 1.17 bits per heavy atom. The molecule has 10 N–H and O–H groups in total. The number of anilines is 1. The zero-order chi connectivity index (χ0) is 21.5. The number of hydrazone groups is 1. The van der Waals surface area contributed by atoms with Crippen molar-refractivity contribution >= 4 is 23.3 Å². The molecule has 9 heteroatoms. The van der Waals surface area contributed by atoms with Gasteiger partial charge >= 0.3 is 0 Å². The zero-order valence-corrected chi connectivity index (χ0v) is 16.8. The van der Waals surface area contributed by atoms with E-state index < -0.39 is 0 Å². The second-order valence-corrected chi connectivity index (χ2v) is 7.04. The first kappa shape index (κ1) is 21.3. The molecule has 1 aliphatic heterocycles. The van der Waals surface area contributed by atoms with Crippen molar-refractivity contribution in [3.05, 3.63) is 70.4 Å². The highest BCUT2D eigenvalue weighted by molar-refractivity contribution is 6.16. The van der Waals surface area contributed by atoms with E-state index in [2.05, 4.69) is 27.7 Å². The van der Waals surface area contributed by atoms with Crippen molar-refractivity contribution in [3.8, 4) is 0 Å². The molecule has 2 aromatic carbocycles. The van der Waals surface area contributed by atoms with Gasteiger partial charge in [0, 0.05) is 36.4 Å². The Morgan fingerprint density at radius 2 is 1.93 bits per heavy atom. The van der Waals surface area contributed by atoms with Crippen LogP contribution in [0.15, 0.2) is 53.3 Å². The summed E-state index contributed by atoms with van der Waals surface area (Å²) in [4.78, 5) is 2.35. The third-order valence-corrected chi connectivity index (χ3v) is 4.88. The zero-order valence-electron chi connectivity index (χ0n) is 16.8. The molecule has 1 aliphatic rings. The molecule has 0 saturated carbocycles. The van der Waals surface area contributed by atoms with Crippen molar-refractivity contribution in [2.24, 2.45) is 22.4 Å². The molecule has 0 aromatic heterocycles. The van der Waals surface area contributed by atoms with Crippen molar-refractivity contribution in [1.29, 1.82) is 5.41 Å². The van der Waals surface area contributed by atoms with Gasteiger partial charge in [0.2, 0.25) is 0 Å². The minimum atomic E-state index is 0.112. The Morgan fingerprint density at radius 3 is 2.67 bits per heavy atom. The summed E-state index contributed by atoms with van der Waals surface area (Å²) in [6, 6.07) is 13.1. The van der Waals surface area contributed by atoms with E-state index in [1.54, 1.807) is 24.3 Å². The van der Waals surface area contributed by atoms with Crippen LogP contribution in [0.2, 0.25) is 0 Å². The molecule has 0 atom stereocenters. The minimum absolute atomic E-state index is 0.112.